The molecule has 0 N–H and O–H groups in total. The van der Waals surface area contributed by atoms with Crippen molar-refractivity contribution in [1.82, 2.24) is 4.48 Å². The fraction of sp³-hybridized carbons (Fsp3) is 0.308. The monoisotopic (exact) mass is 362 g/mol. The Morgan fingerprint density at radius 3 is 2.39 bits per heavy atom. The maximum absolute atomic E-state index is 11.0. The summed E-state index contributed by atoms with van der Waals surface area (Å²) in [6, 6.07) is 7.40. The Bertz CT molecular complexity index is 414. The molecule has 4 nitrogen and oxygen atoms in total. The number of nitrogens with zero attached hydrogens (tertiary/aromatic N) is 2. The smallest absolute Gasteiger partial charge is 0.149 e. The van der Waals surface area contributed by atoms with E-state index in [1.807, 2.05) is 18.2 Å². The highest BCUT2D eigenvalue weighted by atomic mass is 127. The molecule has 0 unspecified atom stereocenters. The number of rotatable bonds is 4. The summed E-state index contributed by atoms with van der Waals surface area (Å²) in [6.45, 7) is 4.58. The number of likely N-dealkylation sites (N-methyl/N-ethyl adjacent to an activating group) is 1. The number of benzene rings is 1. The zero-order chi connectivity index (χ0) is 12.9. The first-order chi connectivity index (χ1) is 7.99. The minimum Gasteiger partial charge on any atom is -0.567 e. The Morgan fingerprint density at radius 2 is 1.94 bits per heavy atom. The van der Waals surface area contributed by atoms with Gasteiger partial charge in [0.1, 0.15) is 18.3 Å². The van der Waals surface area contributed by atoms with Crippen molar-refractivity contribution in [2.45, 2.75) is 0 Å². The number of halogens is 1. The lowest BCUT2D eigenvalue weighted by Crippen LogP contribution is -2.40. The van der Waals surface area contributed by atoms with E-state index in [-0.39, 0.29) is 24.0 Å². The number of ether oxygens (including phenoxy) is 1. The molecule has 1 rings (SSSR count). The van der Waals surface area contributed by atoms with Crippen LogP contribution in [0.4, 0.5) is 5.69 Å². The molecule has 0 aliphatic rings. The van der Waals surface area contributed by atoms with Crippen LogP contribution in [0.15, 0.2) is 41.9 Å². The van der Waals surface area contributed by atoms with Gasteiger partial charge in [-0.15, -0.1) is 24.0 Å². The van der Waals surface area contributed by atoms with Crippen molar-refractivity contribution in [3.05, 3.63) is 36.9 Å². The quantitative estimate of drug-likeness (QED) is 0.270. The second kappa shape index (κ2) is 7.38. The molecule has 0 aliphatic carbocycles. The average molecular weight is 362 g/mol. The molecular formula is C13H19IN2O2. The van der Waals surface area contributed by atoms with Gasteiger partial charge in [-0.05, 0) is 18.2 Å². The molecular weight excluding hydrogens is 343 g/mol. The van der Waals surface area contributed by atoms with Crippen molar-refractivity contribution in [2.75, 3.05) is 27.7 Å². The summed E-state index contributed by atoms with van der Waals surface area (Å²) >= 11 is 0. The van der Waals surface area contributed by atoms with Crippen LogP contribution in [0.2, 0.25) is 0 Å². The van der Waals surface area contributed by atoms with E-state index in [0.29, 0.717) is 10.2 Å². The van der Waals surface area contributed by atoms with Crippen LogP contribution in [0, 0.1) is 0 Å². The van der Waals surface area contributed by atoms with Gasteiger partial charge < -0.3 is 9.84 Å². The first kappa shape index (κ1) is 16.9. The summed E-state index contributed by atoms with van der Waals surface area (Å²) < 4.78 is 5.66. The molecule has 0 amide bonds. The molecule has 18 heavy (non-hydrogen) atoms. The lowest BCUT2D eigenvalue weighted by atomic mass is 10.2. The topological polar surface area (TPSA) is 44.6 Å². The van der Waals surface area contributed by atoms with Crippen molar-refractivity contribution < 1.29 is 9.84 Å². The van der Waals surface area contributed by atoms with Crippen LogP contribution >= 0.6 is 24.0 Å². The molecule has 5 heteroatoms. The molecule has 0 fully saturated rings. The summed E-state index contributed by atoms with van der Waals surface area (Å²) in [6.07, 6.45) is 1.29. The van der Waals surface area contributed by atoms with Crippen LogP contribution in [0.3, 0.4) is 0 Å². The normalized spacial score (nSPS) is 11.6. The van der Waals surface area contributed by atoms with Crippen LogP contribution in [-0.4, -0.2) is 33.8 Å². The summed E-state index contributed by atoms with van der Waals surface area (Å²) in [5, 5.41) is 11.0. The molecule has 0 radical (unpaired) electrons. The zero-order valence-corrected chi connectivity index (χ0v) is 13.3. The van der Waals surface area contributed by atoms with Gasteiger partial charge in [-0.25, -0.2) is 0 Å². The van der Waals surface area contributed by atoms with Crippen molar-refractivity contribution in [3.63, 3.8) is 0 Å². The van der Waals surface area contributed by atoms with Gasteiger partial charge in [0.05, 0.1) is 14.1 Å². The molecule has 0 aliphatic heterocycles. The molecule has 0 atom stereocenters. The molecule has 0 aromatic heterocycles. The van der Waals surface area contributed by atoms with Gasteiger partial charge in [0, 0.05) is 24.9 Å². The fourth-order valence-corrected chi connectivity index (χ4v) is 1.49. The predicted octanol–water partition coefficient (Wildman–Crippen LogP) is 1.78. The van der Waals surface area contributed by atoms with Crippen LogP contribution in [0.25, 0.3) is 0 Å². The van der Waals surface area contributed by atoms with E-state index in [9.17, 15) is 5.11 Å². The third-order valence-corrected chi connectivity index (χ3v) is 2.51. The molecule has 0 bridgehead atoms. The van der Waals surface area contributed by atoms with Gasteiger partial charge in [-0.3, -0.25) is 9.48 Å². The fourth-order valence-electron chi connectivity index (χ4n) is 1.49. The third kappa shape index (κ3) is 4.66. The second-order valence-corrected chi connectivity index (χ2v) is 4.24. The Kier molecular flexibility index (Phi) is 6.93. The SMILES string of the molecule is C=CC[N+](C)(C)c1ccc(OC([O-])=NC)cc1.I. The molecule has 1 aromatic carbocycles. The number of quaternary nitrogens is 1. The Morgan fingerprint density at radius 1 is 1.39 bits per heavy atom. The van der Waals surface area contributed by atoms with Crippen LogP contribution in [0.5, 0.6) is 5.75 Å². The Hall–Kier alpha value is -1.08. The van der Waals surface area contributed by atoms with E-state index < -0.39 is 6.08 Å². The maximum atomic E-state index is 11.0. The van der Waals surface area contributed by atoms with Gasteiger partial charge >= 0.3 is 0 Å². The van der Waals surface area contributed by atoms with Gasteiger partial charge in [-0.1, -0.05) is 6.58 Å². The van der Waals surface area contributed by atoms with E-state index >= 15 is 0 Å². The first-order valence-electron chi connectivity index (χ1n) is 5.36. The van der Waals surface area contributed by atoms with Crippen LogP contribution in [-0.2, 0) is 0 Å². The van der Waals surface area contributed by atoms with Gasteiger partial charge in [0.25, 0.3) is 0 Å². The Balaban J connectivity index is 0.00000289. The lowest BCUT2D eigenvalue weighted by molar-refractivity contribution is -0.240. The third-order valence-electron chi connectivity index (χ3n) is 2.51. The van der Waals surface area contributed by atoms with E-state index in [1.165, 1.54) is 7.05 Å². The summed E-state index contributed by atoms with van der Waals surface area (Å²) in [7, 11) is 5.58. The second-order valence-electron chi connectivity index (χ2n) is 4.24. The minimum atomic E-state index is -0.586. The van der Waals surface area contributed by atoms with Crippen LogP contribution in [0.1, 0.15) is 0 Å². The highest BCUT2D eigenvalue weighted by Gasteiger charge is 2.15. The number of aliphatic imine (C=N–C) groups is 1. The Labute approximate surface area is 125 Å². The summed E-state index contributed by atoms with van der Waals surface area (Å²) in [4.78, 5) is 3.41. The zero-order valence-electron chi connectivity index (χ0n) is 10.9. The van der Waals surface area contributed by atoms with E-state index in [2.05, 4.69) is 25.7 Å². The highest BCUT2D eigenvalue weighted by molar-refractivity contribution is 14.0. The van der Waals surface area contributed by atoms with E-state index in [1.54, 1.807) is 12.1 Å². The highest BCUT2D eigenvalue weighted by Crippen LogP contribution is 2.22. The van der Waals surface area contributed by atoms with Gasteiger partial charge in [-0.2, -0.15) is 0 Å². The van der Waals surface area contributed by atoms with E-state index in [0.717, 1.165) is 12.2 Å². The molecule has 0 spiro atoms. The number of hydrogen-bond donors (Lipinski definition) is 0. The standard InChI is InChI=1S/C13H18N2O2.HI/c1-5-10-15(3,4)11-6-8-12(9-7-11)17-13(16)14-2;/h5-9H,1,10H2,2-4H3;1H. The van der Waals surface area contributed by atoms with Gasteiger partial charge in [0.15, 0.2) is 0 Å². The van der Waals surface area contributed by atoms with Gasteiger partial charge in [0.2, 0.25) is 0 Å². The maximum Gasteiger partial charge on any atom is 0.149 e. The summed E-state index contributed by atoms with van der Waals surface area (Å²) in [5.74, 6) is 0.503. The van der Waals surface area contributed by atoms with E-state index in [4.69, 9.17) is 4.74 Å². The van der Waals surface area contributed by atoms with Crippen molar-refractivity contribution in [2.24, 2.45) is 4.99 Å². The average Bonchev–Trinajstić information content (AvgIpc) is 2.29. The summed E-state index contributed by atoms with van der Waals surface area (Å²) in [5.41, 5.74) is 1.12. The number of hydrogen-bond acceptors (Lipinski definition) is 3. The predicted molar refractivity (Wildman–Crippen MR) is 84.6 cm³/mol. The molecule has 0 heterocycles. The van der Waals surface area contributed by atoms with Crippen molar-refractivity contribution in [3.8, 4) is 5.75 Å². The largest absolute Gasteiger partial charge is 0.567 e. The molecule has 0 saturated carbocycles. The van der Waals surface area contributed by atoms with Crippen LogP contribution < -0.4 is 14.3 Å². The molecule has 0 saturated heterocycles. The molecule has 100 valence electrons. The first-order valence-corrected chi connectivity index (χ1v) is 5.36. The lowest BCUT2D eigenvalue weighted by Gasteiger charge is -2.28. The molecule has 1 aromatic rings. The van der Waals surface area contributed by atoms with Crippen molar-refractivity contribution >= 4 is 35.7 Å². The minimum absolute atomic E-state index is 0. The van der Waals surface area contributed by atoms with Crippen molar-refractivity contribution in [1.29, 1.82) is 0 Å².